The molecule has 0 spiro atoms. The zero-order valence-electron chi connectivity index (χ0n) is 11.8. The van der Waals surface area contributed by atoms with Crippen molar-refractivity contribution in [3.63, 3.8) is 0 Å². The van der Waals surface area contributed by atoms with Crippen LogP contribution in [0.5, 0.6) is 0 Å². The third kappa shape index (κ3) is 7.31. The Morgan fingerprint density at radius 1 is 1.36 bits per heavy atom. The highest BCUT2D eigenvalue weighted by atomic mass is 31.2. The van der Waals surface area contributed by atoms with E-state index in [0.29, 0.717) is 12.8 Å². The van der Waals surface area contributed by atoms with E-state index in [4.69, 9.17) is 14.7 Å². The number of carboxylic acids is 2. The molecule has 2 atom stereocenters. The molecule has 9 heteroatoms. The van der Waals surface area contributed by atoms with Crippen LogP contribution in [0.25, 0.3) is 0 Å². The summed E-state index contributed by atoms with van der Waals surface area (Å²) in [4.78, 5) is 35.0. The highest BCUT2D eigenvalue weighted by Crippen LogP contribution is 2.44. The molecule has 0 bridgehead atoms. The number of rotatable bonds is 10. The van der Waals surface area contributed by atoms with Gasteiger partial charge in [0, 0.05) is 18.8 Å². The molecule has 2 unspecified atom stereocenters. The van der Waals surface area contributed by atoms with Gasteiger partial charge in [0.15, 0.2) is 6.10 Å². The fraction of sp³-hybridized carbons (Fsp3) is 0.462. The van der Waals surface area contributed by atoms with E-state index in [9.17, 15) is 19.0 Å². The summed E-state index contributed by atoms with van der Waals surface area (Å²) in [7, 11) is -4.09. The normalized spacial score (nSPS) is 15.0. The number of hydrogen-bond donors (Lipinski definition) is 3. The third-order valence-corrected chi connectivity index (χ3v) is 4.28. The molecule has 0 saturated heterocycles. The second-order valence-corrected chi connectivity index (χ2v) is 6.62. The molecule has 1 rings (SSSR count). The molecule has 0 saturated carbocycles. The molecular formula is C13H18NO7P. The van der Waals surface area contributed by atoms with E-state index in [0.717, 1.165) is 5.56 Å². The van der Waals surface area contributed by atoms with E-state index in [1.165, 1.54) is 0 Å². The highest BCUT2D eigenvalue weighted by Gasteiger charge is 2.29. The van der Waals surface area contributed by atoms with Gasteiger partial charge in [-0.25, -0.2) is 4.79 Å². The molecule has 1 aromatic heterocycles. The van der Waals surface area contributed by atoms with Gasteiger partial charge >= 0.3 is 19.5 Å². The minimum Gasteiger partial charge on any atom is -0.481 e. The summed E-state index contributed by atoms with van der Waals surface area (Å²) in [5.41, 5.74) is 0.892. The lowest BCUT2D eigenvalue weighted by molar-refractivity contribution is -0.146. The largest absolute Gasteiger partial charge is 0.481 e. The molecule has 122 valence electrons. The first-order valence-electron chi connectivity index (χ1n) is 6.64. The predicted octanol–water partition coefficient (Wildman–Crippen LogP) is 1.53. The van der Waals surface area contributed by atoms with Crippen molar-refractivity contribution >= 4 is 19.5 Å². The van der Waals surface area contributed by atoms with E-state index in [1.807, 2.05) is 6.07 Å². The van der Waals surface area contributed by atoms with Crippen LogP contribution in [0.1, 0.15) is 24.8 Å². The maximum Gasteiger partial charge on any atom is 0.333 e. The quantitative estimate of drug-likeness (QED) is 0.550. The van der Waals surface area contributed by atoms with Crippen LogP contribution in [0.4, 0.5) is 0 Å². The van der Waals surface area contributed by atoms with Gasteiger partial charge in [0.05, 0.1) is 6.16 Å². The molecular weight excluding hydrogens is 313 g/mol. The van der Waals surface area contributed by atoms with Crippen molar-refractivity contribution < 1.29 is 33.8 Å². The van der Waals surface area contributed by atoms with Gasteiger partial charge in [-0.3, -0.25) is 18.9 Å². The van der Waals surface area contributed by atoms with Gasteiger partial charge in [0.1, 0.15) is 0 Å². The second-order valence-electron chi connectivity index (χ2n) is 4.69. The molecule has 0 aliphatic rings. The first-order chi connectivity index (χ1) is 10.3. The number of aryl methyl sites for hydroxylation is 1. The summed E-state index contributed by atoms with van der Waals surface area (Å²) in [5, 5.41) is 17.4. The SMILES string of the molecule is O=C(O)CCC(OP(=O)(O)CCCc1cccnc1)C(=O)O. The summed E-state index contributed by atoms with van der Waals surface area (Å²) in [6.45, 7) is 0. The van der Waals surface area contributed by atoms with E-state index in [2.05, 4.69) is 4.98 Å². The van der Waals surface area contributed by atoms with E-state index >= 15 is 0 Å². The zero-order valence-corrected chi connectivity index (χ0v) is 12.7. The van der Waals surface area contributed by atoms with E-state index in [1.54, 1.807) is 18.5 Å². The number of pyridine rings is 1. The lowest BCUT2D eigenvalue weighted by atomic mass is 10.2. The van der Waals surface area contributed by atoms with Crippen LogP contribution in [0.3, 0.4) is 0 Å². The third-order valence-electron chi connectivity index (χ3n) is 2.82. The first-order valence-corrected chi connectivity index (χ1v) is 8.40. The molecule has 22 heavy (non-hydrogen) atoms. The molecule has 1 heterocycles. The van der Waals surface area contributed by atoms with Crippen LogP contribution >= 0.6 is 7.60 Å². The minimum absolute atomic E-state index is 0.210. The van der Waals surface area contributed by atoms with Gasteiger partial charge in [-0.15, -0.1) is 0 Å². The summed E-state index contributed by atoms with van der Waals surface area (Å²) >= 11 is 0. The van der Waals surface area contributed by atoms with Gasteiger partial charge in [-0.05, 0) is 30.9 Å². The standard InChI is InChI=1S/C13H18NO7P/c15-12(16)6-5-11(13(17)18)21-22(19,20)8-2-4-10-3-1-7-14-9-10/h1,3,7,9,11H,2,4-6,8H2,(H,15,16)(H,17,18)(H,19,20). The Balaban J connectivity index is 2.47. The van der Waals surface area contributed by atoms with Crippen LogP contribution in [-0.4, -0.2) is 44.3 Å². The van der Waals surface area contributed by atoms with Gasteiger partial charge < -0.3 is 15.1 Å². The van der Waals surface area contributed by atoms with Crippen LogP contribution < -0.4 is 0 Å². The lowest BCUT2D eigenvalue weighted by Crippen LogP contribution is -2.24. The number of nitrogens with zero attached hydrogens (tertiary/aromatic N) is 1. The van der Waals surface area contributed by atoms with Gasteiger partial charge in [-0.1, -0.05) is 6.07 Å². The Hall–Kier alpha value is -1.76. The monoisotopic (exact) mass is 331 g/mol. The topological polar surface area (TPSA) is 134 Å². The predicted molar refractivity (Wildman–Crippen MR) is 76.6 cm³/mol. The molecule has 8 nitrogen and oxygen atoms in total. The molecule has 0 aliphatic heterocycles. The van der Waals surface area contributed by atoms with E-state index in [-0.39, 0.29) is 12.6 Å². The van der Waals surface area contributed by atoms with Crippen molar-refractivity contribution in [2.75, 3.05) is 6.16 Å². The Morgan fingerprint density at radius 3 is 2.64 bits per heavy atom. The fourth-order valence-electron chi connectivity index (χ4n) is 1.76. The number of hydrogen-bond acceptors (Lipinski definition) is 5. The molecule has 0 aromatic carbocycles. The van der Waals surface area contributed by atoms with Crippen LogP contribution in [0, 0.1) is 0 Å². The van der Waals surface area contributed by atoms with Gasteiger partial charge in [0.2, 0.25) is 0 Å². The summed E-state index contributed by atoms with van der Waals surface area (Å²) in [6, 6.07) is 3.57. The van der Waals surface area contributed by atoms with Crippen molar-refractivity contribution in [3.8, 4) is 0 Å². The number of aromatic nitrogens is 1. The Bertz CT molecular complexity index is 549. The van der Waals surface area contributed by atoms with Crippen LogP contribution in [0.2, 0.25) is 0 Å². The lowest BCUT2D eigenvalue weighted by Gasteiger charge is -2.17. The average Bonchev–Trinajstić information content (AvgIpc) is 2.44. The maximum absolute atomic E-state index is 11.9. The van der Waals surface area contributed by atoms with Crippen LogP contribution in [0.15, 0.2) is 24.5 Å². The summed E-state index contributed by atoms with van der Waals surface area (Å²) in [5.74, 6) is -2.65. The second kappa shape index (κ2) is 8.63. The zero-order chi connectivity index (χ0) is 16.6. The maximum atomic E-state index is 11.9. The van der Waals surface area contributed by atoms with Crippen molar-refractivity contribution in [1.29, 1.82) is 0 Å². The number of carbonyl (C=O) groups is 2. The molecule has 0 aliphatic carbocycles. The molecule has 1 aromatic rings. The van der Waals surface area contributed by atoms with Crippen molar-refractivity contribution in [3.05, 3.63) is 30.1 Å². The minimum atomic E-state index is -4.09. The first kappa shape index (κ1) is 18.3. The Kier molecular flexibility index (Phi) is 7.17. The van der Waals surface area contributed by atoms with Crippen LogP contribution in [-0.2, 0) is 25.1 Å². The molecule has 0 amide bonds. The number of aliphatic carboxylic acids is 2. The highest BCUT2D eigenvalue weighted by molar-refractivity contribution is 7.52. The number of carboxylic acid groups (broad SMARTS) is 2. The van der Waals surface area contributed by atoms with Crippen molar-refractivity contribution in [2.45, 2.75) is 31.8 Å². The average molecular weight is 331 g/mol. The smallest absolute Gasteiger partial charge is 0.333 e. The molecule has 3 N–H and O–H groups in total. The summed E-state index contributed by atoms with van der Waals surface area (Å²) in [6.07, 6.45) is 1.45. The Morgan fingerprint density at radius 2 is 2.09 bits per heavy atom. The van der Waals surface area contributed by atoms with Gasteiger partial charge in [0.25, 0.3) is 0 Å². The van der Waals surface area contributed by atoms with Crippen molar-refractivity contribution in [2.24, 2.45) is 0 Å². The fourth-order valence-corrected chi connectivity index (χ4v) is 3.01. The molecule has 0 radical (unpaired) electrons. The summed E-state index contributed by atoms with van der Waals surface area (Å²) < 4.78 is 16.6. The Labute approximate surface area is 127 Å². The van der Waals surface area contributed by atoms with Gasteiger partial charge in [-0.2, -0.15) is 0 Å². The van der Waals surface area contributed by atoms with Crippen molar-refractivity contribution in [1.82, 2.24) is 4.98 Å². The molecule has 0 fully saturated rings. The van der Waals surface area contributed by atoms with E-state index < -0.39 is 32.1 Å².